The van der Waals surface area contributed by atoms with E-state index in [0.717, 1.165) is 0 Å². The molecule has 2 aromatic carbocycles. The number of rotatable bonds is 3. The predicted octanol–water partition coefficient (Wildman–Crippen LogP) is 1.54. The van der Waals surface area contributed by atoms with Crippen molar-refractivity contribution in [1.29, 1.82) is 0 Å². The Kier molecular flexibility index (Phi) is 9.49. The Labute approximate surface area is 146 Å². The van der Waals surface area contributed by atoms with E-state index in [1.165, 1.54) is 24.3 Å². The molecule has 0 heterocycles. The van der Waals surface area contributed by atoms with Crippen molar-refractivity contribution in [3.8, 4) is 0 Å². The topological polar surface area (TPSA) is 190 Å². The van der Waals surface area contributed by atoms with Gasteiger partial charge in [0.15, 0.2) is 0 Å². The minimum absolute atomic E-state index is 0.190. The first kappa shape index (κ1) is 23.0. The highest BCUT2D eigenvalue weighted by Gasteiger charge is 2.13. The SMILES string of the molecule is O=C(O)c1ccccc1.O=C(O)c1ccccc1C(=O)O.O=P(O)(O)O. The van der Waals surface area contributed by atoms with E-state index in [9.17, 15) is 14.4 Å². The zero-order chi connectivity index (χ0) is 20.3. The van der Waals surface area contributed by atoms with Crippen molar-refractivity contribution in [3.05, 3.63) is 71.3 Å². The summed E-state index contributed by atoms with van der Waals surface area (Å²) in [6, 6.07) is 13.8. The molecule has 0 aliphatic heterocycles. The third-order valence-corrected chi connectivity index (χ3v) is 2.41. The van der Waals surface area contributed by atoms with Crippen LogP contribution in [-0.4, -0.2) is 47.9 Å². The van der Waals surface area contributed by atoms with Gasteiger partial charge in [-0.15, -0.1) is 0 Å². The lowest BCUT2D eigenvalue weighted by Crippen LogP contribution is -2.06. The van der Waals surface area contributed by atoms with Crippen LogP contribution >= 0.6 is 7.82 Å². The standard InChI is InChI=1S/C8H6O4.C7H6O2.H3O4P/c9-7(10)5-3-1-2-4-6(5)8(11)12;8-7(9)6-4-2-1-3-5-6;1-5(2,3)4/h1-4H,(H,9,10)(H,11,12);1-5H,(H,8,9);(H3,1,2,3,4). The number of hydrogen-bond acceptors (Lipinski definition) is 4. The summed E-state index contributed by atoms with van der Waals surface area (Å²) in [5.41, 5.74) is -0.0486. The Hall–Kier alpha value is -3.04. The number of carboxylic acid groups (broad SMARTS) is 3. The smallest absolute Gasteiger partial charge is 0.466 e. The molecule has 140 valence electrons. The zero-order valence-corrected chi connectivity index (χ0v) is 13.9. The maximum Gasteiger partial charge on any atom is 0.466 e. The van der Waals surface area contributed by atoms with Crippen LogP contribution in [-0.2, 0) is 4.57 Å². The lowest BCUT2D eigenvalue weighted by molar-refractivity contribution is 0.0651. The van der Waals surface area contributed by atoms with Crippen molar-refractivity contribution in [1.82, 2.24) is 0 Å². The zero-order valence-electron chi connectivity index (χ0n) is 13.0. The highest BCUT2D eigenvalue weighted by Crippen LogP contribution is 2.25. The molecule has 10 nitrogen and oxygen atoms in total. The van der Waals surface area contributed by atoms with Crippen LogP contribution in [0.4, 0.5) is 0 Å². The third kappa shape index (κ3) is 10.7. The first-order valence-corrected chi connectivity index (χ1v) is 8.12. The molecule has 2 rings (SSSR count). The van der Waals surface area contributed by atoms with Gasteiger partial charge in [-0.1, -0.05) is 30.3 Å². The number of carboxylic acids is 3. The molecule has 0 spiro atoms. The normalized spacial score (nSPS) is 9.65. The molecule has 0 atom stereocenters. The summed E-state index contributed by atoms with van der Waals surface area (Å²) < 4.78 is 8.88. The number of hydrogen-bond donors (Lipinski definition) is 6. The molecule has 6 N–H and O–H groups in total. The number of aromatic carboxylic acids is 3. The Balaban J connectivity index is 0.000000394. The van der Waals surface area contributed by atoms with Crippen LogP contribution in [0.2, 0.25) is 0 Å². The molecule has 2 aromatic rings. The summed E-state index contributed by atoms with van der Waals surface area (Å²) in [5.74, 6) is -3.34. The van der Waals surface area contributed by atoms with Gasteiger partial charge in [0.05, 0.1) is 16.7 Å². The van der Waals surface area contributed by atoms with Gasteiger partial charge >= 0.3 is 25.7 Å². The van der Waals surface area contributed by atoms with Crippen molar-refractivity contribution in [2.75, 3.05) is 0 Å². The van der Waals surface area contributed by atoms with Crippen LogP contribution in [0.1, 0.15) is 31.1 Å². The summed E-state index contributed by atoms with van der Waals surface area (Å²) in [4.78, 5) is 52.7. The largest absolute Gasteiger partial charge is 0.478 e. The molecule has 26 heavy (non-hydrogen) atoms. The molecule has 11 heteroatoms. The average Bonchev–Trinajstić information content (AvgIpc) is 2.54. The van der Waals surface area contributed by atoms with Crippen molar-refractivity contribution in [2.24, 2.45) is 0 Å². The average molecular weight is 386 g/mol. The molecule has 0 unspecified atom stereocenters. The Morgan fingerprint density at radius 3 is 1.15 bits per heavy atom. The number of carbonyl (C=O) groups is 3. The second-order valence-electron chi connectivity index (χ2n) is 4.34. The molecule has 0 amide bonds. The van der Waals surface area contributed by atoms with Gasteiger partial charge in [0.1, 0.15) is 0 Å². The van der Waals surface area contributed by atoms with Crippen molar-refractivity contribution >= 4 is 25.7 Å². The van der Waals surface area contributed by atoms with Gasteiger partial charge in [-0.2, -0.15) is 0 Å². The summed E-state index contributed by atoms with van der Waals surface area (Å²) in [6.07, 6.45) is 0. The van der Waals surface area contributed by atoms with E-state index in [0.29, 0.717) is 5.56 Å². The first-order valence-electron chi connectivity index (χ1n) is 6.55. The van der Waals surface area contributed by atoms with Gasteiger partial charge in [-0.25, -0.2) is 18.9 Å². The van der Waals surface area contributed by atoms with E-state index in [1.807, 2.05) is 0 Å². The van der Waals surface area contributed by atoms with Gasteiger partial charge in [0.2, 0.25) is 0 Å². The fourth-order valence-electron chi connectivity index (χ4n) is 1.44. The third-order valence-electron chi connectivity index (χ3n) is 2.41. The van der Waals surface area contributed by atoms with Gasteiger partial charge < -0.3 is 30.0 Å². The van der Waals surface area contributed by atoms with Crippen LogP contribution < -0.4 is 0 Å². The first-order chi connectivity index (χ1) is 11.9. The summed E-state index contributed by atoms with van der Waals surface area (Å²) >= 11 is 0. The molecule has 0 saturated heterocycles. The van der Waals surface area contributed by atoms with Crippen LogP contribution in [0.5, 0.6) is 0 Å². The van der Waals surface area contributed by atoms with Crippen molar-refractivity contribution in [2.45, 2.75) is 0 Å². The minimum Gasteiger partial charge on any atom is -0.478 e. The summed E-state index contributed by atoms with van der Waals surface area (Å²) in [7, 11) is -4.64. The quantitative estimate of drug-likeness (QED) is 0.422. The Morgan fingerprint density at radius 1 is 0.615 bits per heavy atom. The van der Waals surface area contributed by atoms with Crippen molar-refractivity contribution in [3.63, 3.8) is 0 Å². The van der Waals surface area contributed by atoms with Crippen LogP contribution in [0.25, 0.3) is 0 Å². The second-order valence-corrected chi connectivity index (χ2v) is 5.37. The lowest BCUT2D eigenvalue weighted by Gasteiger charge is -1.98. The van der Waals surface area contributed by atoms with E-state index in [4.69, 9.17) is 34.6 Å². The fraction of sp³-hybridized carbons (Fsp3) is 0. The molecule has 0 bridgehead atoms. The summed E-state index contributed by atoms with van der Waals surface area (Å²) in [6.45, 7) is 0. The predicted molar refractivity (Wildman–Crippen MR) is 88.0 cm³/mol. The molecule has 0 aliphatic rings. The van der Waals surface area contributed by atoms with E-state index in [-0.39, 0.29) is 11.1 Å². The van der Waals surface area contributed by atoms with E-state index in [1.54, 1.807) is 30.3 Å². The van der Waals surface area contributed by atoms with Crippen LogP contribution in [0, 0.1) is 0 Å². The molecular weight excluding hydrogens is 371 g/mol. The van der Waals surface area contributed by atoms with Gasteiger partial charge in [-0.05, 0) is 24.3 Å². The van der Waals surface area contributed by atoms with E-state index in [2.05, 4.69) is 0 Å². The lowest BCUT2D eigenvalue weighted by atomic mass is 10.1. The summed E-state index contributed by atoms with van der Waals surface area (Å²) in [5, 5.41) is 25.5. The monoisotopic (exact) mass is 386 g/mol. The van der Waals surface area contributed by atoms with Crippen LogP contribution in [0.3, 0.4) is 0 Å². The molecule has 0 aromatic heterocycles. The van der Waals surface area contributed by atoms with Gasteiger partial charge in [-0.3, -0.25) is 0 Å². The maximum atomic E-state index is 10.5. The molecule has 0 radical (unpaired) electrons. The number of benzene rings is 2. The Bertz CT molecular complexity index is 756. The Morgan fingerprint density at radius 2 is 0.923 bits per heavy atom. The van der Waals surface area contributed by atoms with Crippen LogP contribution in [0.15, 0.2) is 54.6 Å². The highest BCUT2D eigenvalue weighted by molar-refractivity contribution is 7.45. The molecule has 0 aliphatic carbocycles. The maximum absolute atomic E-state index is 10.5. The number of phosphoric acid groups is 1. The molecule has 0 saturated carbocycles. The highest BCUT2D eigenvalue weighted by atomic mass is 31.2. The molecule has 0 fully saturated rings. The van der Waals surface area contributed by atoms with Gasteiger partial charge in [0, 0.05) is 0 Å². The van der Waals surface area contributed by atoms with Gasteiger partial charge in [0.25, 0.3) is 0 Å². The fourth-order valence-corrected chi connectivity index (χ4v) is 1.44. The van der Waals surface area contributed by atoms with E-state index >= 15 is 0 Å². The minimum atomic E-state index is -4.64. The van der Waals surface area contributed by atoms with Crippen molar-refractivity contribution < 1.29 is 48.9 Å². The molecular formula is C15H15O10P. The van der Waals surface area contributed by atoms with E-state index < -0.39 is 25.7 Å². The second kappa shape index (κ2) is 10.7.